The summed E-state index contributed by atoms with van der Waals surface area (Å²) in [6.45, 7) is 1.78. The number of benzene rings is 1. The monoisotopic (exact) mass is 248 g/mol. The van der Waals surface area contributed by atoms with Gasteiger partial charge in [-0.1, -0.05) is 12.1 Å². The number of carboxylic acids is 1. The van der Waals surface area contributed by atoms with Crippen molar-refractivity contribution < 1.29 is 14.7 Å². The van der Waals surface area contributed by atoms with E-state index in [9.17, 15) is 9.59 Å². The lowest BCUT2D eigenvalue weighted by molar-refractivity contribution is -0.131. The summed E-state index contributed by atoms with van der Waals surface area (Å²) in [7, 11) is 3.45. The zero-order valence-corrected chi connectivity index (χ0v) is 10.6. The first kappa shape index (κ1) is 13.9. The van der Waals surface area contributed by atoms with Gasteiger partial charge in [-0.05, 0) is 30.2 Å². The van der Waals surface area contributed by atoms with E-state index < -0.39 is 5.97 Å². The fraction of sp³-hybridized carbons (Fsp3) is 0.231. The third-order valence-corrected chi connectivity index (χ3v) is 2.35. The first-order valence-electron chi connectivity index (χ1n) is 5.40. The number of rotatable bonds is 4. The maximum Gasteiger partial charge on any atom is 0.328 e. The largest absolute Gasteiger partial charge is 0.478 e. The van der Waals surface area contributed by atoms with E-state index in [-0.39, 0.29) is 5.91 Å². The quantitative estimate of drug-likeness (QED) is 0.622. The lowest BCUT2D eigenvalue weighted by Crippen LogP contribution is -2.36. The van der Waals surface area contributed by atoms with Crippen LogP contribution in [0.25, 0.3) is 6.08 Å². The predicted molar refractivity (Wildman–Crippen MR) is 69.0 cm³/mol. The summed E-state index contributed by atoms with van der Waals surface area (Å²) in [5, 5.41) is 10.1. The molecule has 0 saturated carbocycles. The molecule has 5 nitrogen and oxygen atoms in total. The maximum atomic E-state index is 11.9. The van der Waals surface area contributed by atoms with Crippen molar-refractivity contribution in [2.45, 2.75) is 6.92 Å². The molecule has 0 heterocycles. The number of hydrazine groups is 1. The number of nitrogens with one attached hydrogen (secondary N) is 1. The fourth-order valence-electron chi connectivity index (χ4n) is 1.50. The van der Waals surface area contributed by atoms with Crippen LogP contribution in [-0.4, -0.2) is 36.1 Å². The number of carbonyl (C=O) groups is 2. The Morgan fingerprint density at radius 1 is 1.33 bits per heavy atom. The smallest absolute Gasteiger partial charge is 0.328 e. The third-order valence-electron chi connectivity index (χ3n) is 2.35. The molecule has 96 valence electrons. The van der Waals surface area contributed by atoms with E-state index in [0.29, 0.717) is 11.1 Å². The second-order valence-electron chi connectivity index (χ2n) is 4.03. The standard InChI is InChI=1S/C13H16N2O3/c1-9-10(7-8-12(16)17)5-4-6-11(9)13(18)14-15(2)3/h4-8H,1-3H3,(H,14,18)(H,16,17)/b8-7+. The average Bonchev–Trinajstić information content (AvgIpc) is 2.26. The minimum atomic E-state index is -1.02. The topological polar surface area (TPSA) is 69.6 Å². The molecule has 1 rings (SSSR count). The molecule has 0 bridgehead atoms. The van der Waals surface area contributed by atoms with Gasteiger partial charge in [0.25, 0.3) is 5.91 Å². The molecule has 0 unspecified atom stereocenters. The Balaban J connectivity index is 3.05. The van der Waals surface area contributed by atoms with E-state index >= 15 is 0 Å². The number of amides is 1. The lowest BCUT2D eigenvalue weighted by Gasteiger charge is -2.14. The number of hydrogen-bond acceptors (Lipinski definition) is 3. The first-order chi connectivity index (χ1) is 8.41. The third kappa shape index (κ3) is 3.71. The number of nitrogens with zero attached hydrogens (tertiary/aromatic N) is 1. The van der Waals surface area contributed by atoms with Crippen molar-refractivity contribution in [3.63, 3.8) is 0 Å². The normalized spacial score (nSPS) is 10.9. The molecule has 0 aliphatic rings. The van der Waals surface area contributed by atoms with Crippen molar-refractivity contribution >= 4 is 18.0 Å². The van der Waals surface area contributed by atoms with Crippen LogP contribution in [0, 0.1) is 6.92 Å². The number of aliphatic carboxylic acids is 1. The molecule has 1 aromatic rings. The van der Waals surface area contributed by atoms with Gasteiger partial charge in [0.2, 0.25) is 0 Å². The highest BCUT2D eigenvalue weighted by Crippen LogP contribution is 2.15. The van der Waals surface area contributed by atoms with Crippen LogP contribution < -0.4 is 5.43 Å². The van der Waals surface area contributed by atoms with E-state index in [2.05, 4.69) is 5.43 Å². The van der Waals surface area contributed by atoms with Gasteiger partial charge in [-0.2, -0.15) is 0 Å². The van der Waals surface area contributed by atoms with Crippen molar-refractivity contribution in [1.29, 1.82) is 0 Å². The van der Waals surface area contributed by atoms with Crippen LogP contribution >= 0.6 is 0 Å². The molecule has 0 aliphatic heterocycles. The molecule has 0 saturated heterocycles. The second kappa shape index (κ2) is 5.97. The fourth-order valence-corrected chi connectivity index (χ4v) is 1.50. The molecule has 0 radical (unpaired) electrons. The number of carboxylic acid groups (broad SMARTS) is 1. The molecule has 2 N–H and O–H groups in total. The van der Waals surface area contributed by atoms with E-state index in [0.717, 1.165) is 11.6 Å². The van der Waals surface area contributed by atoms with Gasteiger partial charge < -0.3 is 5.11 Å². The van der Waals surface area contributed by atoms with Gasteiger partial charge in [0, 0.05) is 25.7 Å². The number of hydrogen-bond donors (Lipinski definition) is 2. The second-order valence-corrected chi connectivity index (χ2v) is 4.03. The summed E-state index contributed by atoms with van der Waals surface area (Å²) < 4.78 is 0. The molecule has 1 aromatic carbocycles. The molecule has 0 aliphatic carbocycles. The molecule has 5 heteroatoms. The Labute approximate surface area is 106 Å². The van der Waals surface area contributed by atoms with Gasteiger partial charge in [-0.3, -0.25) is 10.2 Å². The minimum Gasteiger partial charge on any atom is -0.478 e. The van der Waals surface area contributed by atoms with Crippen LogP contribution in [0.15, 0.2) is 24.3 Å². The Bertz CT molecular complexity index is 493. The molecule has 1 amide bonds. The Morgan fingerprint density at radius 2 is 2.00 bits per heavy atom. The zero-order valence-electron chi connectivity index (χ0n) is 10.6. The average molecular weight is 248 g/mol. The van der Waals surface area contributed by atoms with Crippen LogP contribution in [0.3, 0.4) is 0 Å². The van der Waals surface area contributed by atoms with Crippen LogP contribution in [0.5, 0.6) is 0 Å². The zero-order chi connectivity index (χ0) is 13.7. The van der Waals surface area contributed by atoms with Gasteiger partial charge in [-0.25, -0.2) is 9.80 Å². The van der Waals surface area contributed by atoms with Crippen molar-refractivity contribution in [3.05, 3.63) is 41.0 Å². The van der Waals surface area contributed by atoms with E-state index in [4.69, 9.17) is 5.11 Å². The van der Waals surface area contributed by atoms with E-state index in [1.165, 1.54) is 6.08 Å². The Hall–Kier alpha value is -2.14. The van der Waals surface area contributed by atoms with Crippen LogP contribution in [0.2, 0.25) is 0 Å². The van der Waals surface area contributed by atoms with Gasteiger partial charge >= 0.3 is 5.97 Å². The summed E-state index contributed by atoms with van der Waals surface area (Å²) >= 11 is 0. The molecule has 0 aromatic heterocycles. The summed E-state index contributed by atoms with van der Waals surface area (Å²) in [6, 6.07) is 5.19. The van der Waals surface area contributed by atoms with Gasteiger partial charge in [0.1, 0.15) is 0 Å². The highest BCUT2D eigenvalue weighted by molar-refractivity contribution is 5.96. The summed E-state index contributed by atoms with van der Waals surface area (Å²) in [5.41, 5.74) is 4.63. The van der Waals surface area contributed by atoms with Crippen LogP contribution in [-0.2, 0) is 4.79 Å². The Kier molecular flexibility index (Phi) is 4.62. The molecule has 0 fully saturated rings. The maximum absolute atomic E-state index is 11.9. The van der Waals surface area contributed by atoms with Gasteiger partial charge in [0.05, 0.1) is 0 Å². The molecule has 0 atom stereocenters. The van der Waals surface area contributed by atoms with Crippen molar-refractivity contribution in [2.24, 2.45) is 0 Å². The summed E-state index contributed by atoms with van der Waals surface area (Å²) in [4.78, 5) is 22.3. The predicted octanol–water partition coefficient (Wildman–Crippen LogP) is 1.30. The summed E-state index contributed by atoms with van der Waals surface area (Å²) in [5.74, 6) is -1.24. The van der Waals surface area contributed by atoms with Gasteiger partial charge in [-0.15, -0.1) is 0 Å². The highest BCUT2D eigenvalue weighted by Gasteiger charge is 2.10. The molecule has 0 spiro atoms. The van der Waals surface area contributed by atoms with Crippen molar-refractivity contribution in [1.82, 2.24) is 10.4 Å². The van der Waals surface area contributed by atoms with Crippen LogP contribution in [0.1, 0.15) is 21.5 Å². The minimum absolute atomic E-state index is 0.219. The molecular formula is C13H16N2O3. The summed E-state index contributed by atoms with van der Waals surface area (Å²) in [6.07, 6.45) is 2.53. The SMILES string of the molecule is Cc1c(/C=C/C(=O)O)cccc1C(=O)NN(C)C. The highest BCUT2D eigenvalue weighted by atomic mass is 16.4. The Morgan fingerprint density at radius 3 is 2.56 bits per heavy atom. The first-order valence-corrected chi connectivity index (χ1v) is 5.40. The van der Waals surface area contributed by atoms with Gasteiger partial charge in [0.15, 0.2) is 0 Å². The van der Waals surface area contributed by atoms with Crippen molar-refractivity contribution in [2.75, 3.05) is 14.1 Å². The molecular weight excluding hydrogens is 232 g/mol. The lowest BCUT2D eigenvalue weighted by atomic mass is 10.0. The number of carbonyl (C=O) groups excluding carboxylic acids is 1. The van der Waals surface area contributed by atoms with Crippen LogP contribution in [0.4, 0.5) is 0 Å². The van der Waals surface area contributed by atoms with E-state index in [1.54, 1.807) is 44.2 Å². The molecule has 18 heavy (non-hydrogen) atoms. The van der Waals surface area contributed by atoms with Crippen molar-refractivity contribution in [3.8, 4) is 0 Å². The van der Waals surface area contributed by atoms with E-state index in [1.807, 2.05) is 0 Å².